The minimum atomic E-state index is -0.318. The number of fused-ring (bicyclic) bond motifs is 1. The highest BCUT2D eigenvalue weighted by Crippen LogP contribution is 2.24. The van der Waals surface area contributed by atoms with Crippen LogP contribution in [0.2, 0.25) is 0 Å². The molecule has 0 spiro atoms. The van der Waals surface area contributed by atoms with Gasteiger partial charge in [0.2, 0.25) is 5.88 Å². The van der Waals surface area contributed by atoms with Crippen molar-refractivity contribution in [2.45, 2.75) is 0 Å². The number of hydrogen-bond acceptors (Lipinski definition) is 5. The fourth-order valence-corrected chi connectivity index (χ4v) is 2.44. The summed E-state index contributed by atoms with van der Waals surface area (Å²) in [6.45, 7) is -0.182. The first-order valence-electron chi connectivity index (χ1n) is 6.99. The van der Waals surface area contributed by atoms with Crippen molar-refractivity contribution in [1.29, 1.82) is 5.26 Å². The first kappa shape index (κ1) is 15.9. The van der Waals surface area contributed by atoms with Gasteiger partial charge in [0.25, 0.3) is 5.91 Å². The monoisotopic (exact) mass is 382 g/mol. The van der Waals surface area contributed by atoms with Crippen molar-refractivity contribution in [3.8, 4) is 11.9 Å². The van der Waals surface area contributed by atoms with Crippen LogP contribution in [0.4, 0.5) is 5.69 Å². The van der Waals surface area contributed by atoms with Crippen LogP contribution < -0.4 is 10.1 Å². The summed E-state index contributed by atoms with van der Waals surface area (Å²) in [4.78, 5) is 20.2. The molecule has 0 unspecified atom stereocenters. The van der Waals surface area contributed by atoms with Crippen LogP contribution in [-0.2, 0) is 4.79 Å². The number of ether oxygens (including phenoxy) is 1. The summed E-state index contributed by atoms with van der Waals surface area (Å²) in [6.07, 6.45) is 1.39. The molecule has 1 amide bonds. The number of nitriles is 1. The van der Waals surface area contributed by atoms with Crippen molar-refractivity contribution in [2.24, 2.45) is 0 Å². The molecule has 2 aromatic carbocycles. The third-order valence-electron chi connectivity index (χ3n) is 3.20. The van der Waals surface area contributed by atoms with Gasteiger partial charge >= 0.3 is 0 Å². The van der Waals surface area contributed by atoms with Crippen LogP contribution in [0.3, 0.4) is 0 Å². The van der Waals surface area contributed by atoms with Crippen LogP contribution in [0, 0.1) is 11.3 Å². The first-order valence-corrected chi connectivity index (χ1v) is 7.78. The largest absolute Gasteiger partial charge is 0.467 e. The van der Waals surface area contributed by atoms with E-state index in [4.69, 9.17) is 10.00 Å². The minimum absolute atomic E-state index is 0.182. The molecule has 0 saturated heterocycles. The fraction of sp³-hybridized carbons (Fsp3) is 0.0588. The van der Waals surface area contributed by atoms with Crippen LogP contribution in [0.25, 0.3) is 10.9 Å². The van der Waals surface area contributed by atoms with Crippen LogP contribution in [0.15, 0.2) is 53.3 Å². The maximum Gasteiger partial charge on any atom is 0.262 e. The smallest absolute Gasteiger partial charge is 0.262 e. The molecule has 0 bridgehead atoms. The molecule has 3 aromatic rings. The van der Waals surface area contributed by atoms with E-state index in [0.717, 1.165) is 15.4 Å². The van der Waals surface area contributed by atoms with E-state index in [1.807, 2.05) is 24.3 Å². The molecule has 24 heavy (non-hydrogen) atoms. The van der Waals surface area contributed by atoms with Crippen molar-refractivity contribution in [2.75, 3.05) is 11.9 Å². The Hall–Kier alpha value is -2.98. The van der Waals surface area contributed by atoms with Crippen LogP contribution in [0.5, 0.6) is 5.88 Å². The summed E-state index contributed by atoms with van der Waals surface area (Å²) in [5.74, 6) is 0.0257. The molecule has 6 nitrogen and oxygen atoms in total. The molecular formula is C17H11BrN4O2. The second kappa shape index (κ2) is 7.06. The topological polar surface area (TPSA) is 87.9 Å². The van der Waals surface area contributed by atoms with E-state index in [1.54, 1.807) is 24.3 Å². The van der Waals surface area contributed by atoms with Crippen molar-refractivity contribution in [3.63, 3.8) is 0 Å². The Bertz CT molecular complexity index is 935. The quantitative estimate of drug-likeness (QED) is 0.747. The van der Waals surface area contributed by atoms with E-state index in [9.17, 15) is 4.79 Å². The normalized spacial score (nSPS) is 10.2. The molecule has 1 aromatic heterocycles. The number of carbonyl (C=O) groups excluding carboxylic acids is 1. The number of hydrogen-bond donors (Lipinski definition) is 1. The molecule has 1 N–H and O–H groups in total. The molecular weight excluding hydrogens is 372 g/mol. The summed E-state index contributed by atoms with van der Waals surface area (Å²) < 4.78 is 6.39. The number of halogens is 1. The molecule has 0 fully saturated rings. The molecule has 0 atom stereocenters. The van der Waals surface area contributed by atoms with E-state index in [-0.39, 0.29) is 12.5 Å². The third-order valence-corrected chi connectivity index (χ3v) is 3.69. The Kier molecular flexibility index (Phi) is 4.68. The summed E-state index contributed by atoms with van der Waals surface area (Å²) in [6, 6.07) is 14.1. The van der Waals surface area contributed by atoms with E-state index < -0.39 is 0 Å². The van der Waals surface area contributed by atoms with Crippen molar-refractivity contribution in [1.82, 2.24) is 9.97 Å². The number of nitrogens with one attached hydrogen (secondary N) is 1. The van der Waals surface area contributed by atoms with Gasteiger partial charge in [0.05, 0.1) is 22.5 Å². The summed E-state index contributed by atoms with van der Waals surface area (Å²) in [5, 5.41) is 12.2. The van der Waals surface area contributed by atoms with Gasteiger partial charge in [-0.1, -0.05) is 15.9 Å². The lowest BCUT2D eigenvalue weighted by molar-refractivity contribution is -0.118. The van der Waals surface area contributed by atoms with Crippen LogP contribution in [-0.4, -0.2) is 22.5 Å². The van der Waals surface area contributed by atoms with Crippen LogP contribution >= 0.6 is 15.9 Å². The predicted molar refractivity (Wildman–Crippen MR) is 92.5 cm³/mol. The minimum Gasteiger partial charge on any atom is -0.467 e. The average molecular weight is 383 g/mol. The van der Waals surface area contributed by atoms with Crippen molar-refractivity contribution < 1.29 is 9.53 Å². The lowest BCUT2D eigenvalue weighted by atomic mass is 10.2. The second-order valence-corrected chi connectivity index (χ2v) is 5.78. The van der Waals surface area contributed by atoms with E-state index in [1.165, 1.54) is 6.33 Å². The van der Waals surface area contributed by atoms with Crippen molar-refractivity contribution >= 4 is 38.4 Å². The summed E-state index contributed by atoms with van der Waals surface area (Å²) in [5.41, 5.74) is 1.86. The van der Waals surface area contributed by atoms with Gasteiger partial charge in [-0.2, -0.15) is 5.26 Å². The summed E-state index contributed by atoms with van der Waals surface area (Å²) >= 11 is 3.39. The lowest BCUT2D eigenvalue weighted by Crippen LogP contribution is -2.20. The zero-order valence-electron chi connectivity index (χ0n) is 12.4. The Morgan fingerprint density at radius 2 is 2.00 bits per heavy atom. The van der Waals surface area contributed by atoms with E-state index >= 15 is 0 Å². The number of carbonyl (C=O) groups is 1. The van der Waals surface area contributed by atoms with Gasteiger partial charge in [0, 0.05) is 10.2 Å². The van der Waals surface area contributed by atoms with Gasteiger partial charge in [-0.05, 0) is 42.5 Å². The molecule has 0 aliphatic carbocycles. The van der Waals surface area contributed by atoms with E-state index in [0.29, 0.717) is 17.1 Å². The van der Waals surface area contributed by atoms with Gasteiger partial charge in [0.1, 0.15) is 6.33 Å². The molecule has 1 heterocycles. The predicted octanol–water partition coefficient (Wildman–Crippen LogP) is 3.28. The Balaban J connectivity index is 1.68. The highest BCUT2D eigenvalue weighted by Gasteiger charge is 2.09. The highest BCUT2D eigenvalue weighted by molar-refractivity contribution is 9.10. The number of rotatable bonds is 4. The average Bonchev–Trinajstić information content (AvgIpc) is 2.60. The number of benzene rings is 2. The first-order chi connectivity index (χ1) is 11.7. The molecule has 3 rings (SSSR count). The van der Waals surface area contributed by atoms with Gasteiger partial charge in [-0.15, -0.1) is 0 Å². The molecule has 118 valence electrons. The maximum absolute atomic E-state index is 12.0. The number of anilines is 1. The van der Waals surface area contributed by atoms with Gasteiger partial charge in [-0.3, -0.25) is 4.79 Å². The van der Waals surface area contributed by atoms with Gasteiger partial charge in [-0.25, -0.2) is 9.97 Å². The maximum atomic E-state index is 12.0. The molecule has 0 saturated carbocycles. The molecule has 0 radical (unpaired) electrons. The summed E-state index contributed by atoms with van der Waals surface area (Å²) in [7, 11) is 0. The number of amides is 1. The number of aromatic nitrogens is 2. The zero-order chi connectivity index (χ0) is 16.9. The highest BCUT2D eigenvalue weighted by atomic mass is 79.9. The molecule has 7 heteroatoms. The SMILES string of the molecule is N#Cc1ccc(NC(=O)COc2ncnc3ccc(Br)cc23)cc1. The Labute approximate surface area is 146 Å². The van der Waals surface area contributed by atoms with Crippen molar-refractivity contribution in [3.05, 3.63) is 58.8 Å². The van der Waals surface area contributed by atoms with Crippen LogP contribution in [0.1, 0.15) is 5.56 Å². The molecule has 0 aliphatic rings. The Morgan fingerprint density at radius 3 is 2.75 bits per heavy atom. The van der Waals surface area contributed by atoms with E-state index in [2.05, 4.69) is 31.2 Å². The lowest BCUT2D eigenvalue weighted by Gasteiger charge is -2.09. The van der Waals surface area contributed by atoms with Gasteiger partial charge < -0.3 is 10.1 Å². The Morgan fingerprint density at radius 1 is 1.21 bits per heavy atom. The second-order valence-electron chi connectivity index (χ2n) is 4.87. The fourth-order valence-electron chi connectivity index (χ4n) is 2.08. The zero-order valence-corrected chi connectivity index (χ0v) is 13.9. The van der Waals surface area contributed by atoms with Gasteiger partial charge in [0.15, 0.2) is 6.61 Å². The molecule has 0 aliphatic heterocycles. The standard InChI is InChI=1S/C17H11BrN4O2/c18-12-3-6-15-14(7-12)17(21-10-20-15)24-9-16(23)22-13-4-1-11(8-19)2-5-13/h1-7,10H,9H2,(H,22,23). The number of nitrogens with zero attached hydrogens (tertiary/aromatic N) is 3. The third kappa shape index (κ3) is 3.67.